The molecular weight excluding hydrogens is 388 g/mol. The average molecular weight is 437 g/mol. The van der Waals surface area contributed by atoms with E-state index in [0.29, 0.717) is 12.8 Å². The lowest BCUT2D eigenvalue weighted by atomic mass is 10.0. The van der Waals surface area contributed by atoms with E-state index in [1.807, 2.05) is 0 Å². The zero-order valence-corrected chi connectivity index (χ0v) is 20.3. The summed E-state index contributed by atoms with van der Waals surface area (Å²) in [4.78, 5) is 22.8. The van der Waals surface area contributed by atoms with Gasteiger partial charge in [-0.05, 0) is 57.8 Å². The van der Waals surface area contributed by atoms with Crippen LogP contribution >= 0.6 is 0 Å². The second-order valence-corrected chi connectivity index (χ2v) is 8.52. The Morgan fingerprint density at radius 3 is 2.03 bits per heavy atom. The van der Waals surface area contributed by atoms with Crippen LogP contribution < -0.4 is 0 Å². The van der Waals surface area contributed by atoms with Crippen molar-refractivity contribution in [3.8, 4) is 0 Å². The summed E-state index contributed by atoms with van der Waals surface area (Å²) in [6, 6.07) is 0. The number of allylic oxidation sites excluding steroid dienone is 4. The van der Waals surface area contributed by atoms with E-state index in [-0.39, 0.29) is 18.5 Å². The van der Waals surface area contributed by atoms with Crippen LogP contribution in [0.4, 0.5) is 0 Å². The molecule has 0 heterocycles. The SMILES string of the molecule is CCC/C=C\C/C=C\CCCCCCCC(=O)OC(CCCC)CCCCCC(=O)O. The molecule has 0 saturated heterocycles. The van der Waals surface area contributed by atoms with E-state index in [0.717, 1.165) is 64.2 Å². The van der Waals surface area contributed by atoms with Crippen molar-refractivity contribution in [2.45, 2.75) is 136 Å². The molecule has 1 atom stereocenters. The first kappa shape index (κ1) is 29.4. The molecule has 1 N–H and O–H groups in total. The van der Waals surface area contributed by atoms with Crippen LogP contribution in [0.2, 0.25) is 0 Å². The third-order valence-corrected chi connectivity index (χ3v) is 5.41. The van der Waals surface area contributed by atoms with Crippen LogP contribution in [0, 0.1) is 0 Å². The fraction of sp³-hybridized carbons (Fsp3) is 0.778. The number of carbonyl (C=O) groups excluding carboxylic acids is 1. The average Bonchev–Trinajstić information content (AvgIpc) is 2.74. The highest BCUT2D eigenvalue weighted by atomic mass is 16.5. The lowest BCUT2D eigenvalue weighted by Crippen LogP contribution is -2.18. The predicted octanol–water partition coefficient (Wildman–Crippen LogP) is 8.16. The minimum atomic E-state index is -0.736. The summed E-state index contributed by atoms with van der Waals surface area (Å²) < 4.78 is 5.72. The first-order chi connectivity index (χ1) is 15.1. The van der Waals surface area contributed by atoms with Crippen molar-refractivity contribution in [3.05, 3.63) is 24.3 Å². The predicted molar refractivity (Wildman–Crippen MR) is 130 cm³/mol. The van der Waals surface area contributed by atoms with Crippen molar-refractivity contribution < 1.29 is 19.4 Å². The molecule has 0 spiro atoms. The van der Waals surface area contributed by atoms with Crippen molar-refractivity contribution in [1.82, 2.24) is 0 Å². The zero-order chi connectivity index (χ0) is 23.0. The molecule has 1 unspecified atom stereocenters. The molecule has 0 amide bonds. The molecule has 0 radical (unpaired) electrons. The maximum atomic E-state index is 12.2. The van der Waals surface area contributed by atoms with Crippen LogP contribution in [-0.2, 0) is 14.3 Å². The highest BCUT2D eigenvalue weighted by Crippen LogP contribution is 2.16. The Labute approximate surface area is 191 Å². The van der Waals surface area contributed by atoms with Crippen LogP contribution in [0.5, 0.6) is 0 Å². The van der Waals surface area contributed by atoms with Crippen molar-refractivity contribution in [2.24, 2.45) is 0 Å². The van der Waals surface area contributed by atoms with Crippen LogP contribution in [0.25, 0.3) is 0 Å². The van der Waals surface area contributed by atoms with Crippen molar-refractivity contribution in [3.63, 3.8) is 0 Å². The molecule has 31 heavy (non-hydrogen) atoms. The van der Waals surface area contributed by atoms with Gasteiger partial charge in [-0.2, -0.15) is 0 Å². The summed E-state index contributed by atoms with van der Waals surface area (Å²) in [6.07, 6.45) is 26.4. The Balaban J connectivity index is 3.75. The maximum Gasteiger partial charge on any atom is 0.306 e. The topological polar surface area (TPSA) is 63.6 Å². The molecule has 0 bridgehead atoms. The number of carbonyl (C=O) groups is 2. The van der Waals surface area contributed by atoms with Gasteiger partial charge in [0.05, 0.1) is 0 Å². The van der Waals surface area contributed by atoms with Gasteiger partial charge >= 0.3 is 11.9 Å². The lowest BCUT2D eigenvalue weighted by Gasteiger charge is -2.17. The Morgan fingerprint density at radius 1 is 0.710 bits per heavy atom. The molecule has 0 rings (SSSR count). The maximum absolute atomic E-state index is 12.2. The van der Waals surface area contributed by atoms with E-state index < -0.39 is 5.97 Å². The number of hydrogen-bond acceptors (Lipinski definition) is 3. The Bertz CT molecular complexity index is 482. The Kier molecular flexibility index (Phi) is 21.9. The number of ether oxygens (including phenoxy) is 1. The molecule has 0 saturated carbocycles. The van der Waals surface area contributed by atoms with E-state index in [9.17, 15) is 9.59 Å². The van der Waals surface area contributed by atoms with Gasteiger partial charge in [0.15, 0.2) is 0 Å². The van der Waals surface area contributed by atoms with Gasteiger partial charge in [0.2, 0.25) is 0 Å². The fourth-order valence-corrected chi connectivity index (χ4v) is 3.50. The third kappa shape index (κ3) is 22.9. The van der Waals surface area contributed by atoms with E-state index in [1.54, 1.807) is 0 Å². The molecule has 0 aliphatic heterocycles. The number of unbranched alkanes of at least 4 members (excludes halogenated alkanes) is 9. The second kappa shape index (κ2) is 23.1. The summed E-state index contributed by atoms with van der Waals surface area (Å²) >= 11 is 0. The van der Waals surface area contributed by atoms with Gasteiger partial charge in [-0.15, -0.1) is 0 Å². The molecule has 180 valence electrons. The third-order valence-electron chi connectivity index (χ3n) is 5.41. The van der Waals surface area contributed by atoms with Crippen molar-refractivity contribution >= 4 is 11.9 Å². The molecule has 0 fully saturated rings. The van der Waals surface area contributed by atoms with E-state index >= 15 is 0 Å². The molecule has 0 aliphatic rings. The van der Waals surface area contributed by atoms with Gasteiger partial charge in [-0.1, -0.05) is 83.1 Å². The summed E-state index contributed by atoms with van der Waals surface area (Å²) in [6.45, 7) is 4.34. The fourth-order valence-electron chi connectivity index (χ4n) is 3.50. The normalized spacial score (nSPS) is 12.6. The van der Waals surface area contributed by atoms with E-state index in [4.69, 9.17) is 9.84 Å². The molecule has 0 aromatic carbocycles. The second-order valence-electron chi connectivity index (χ2n) is 8.52. The highest BCUT2D eigenvalue weighted by Gasteiger charge is 2.14. The van der Waals surface area contributed by atoms with E-state index in [1.165, 1.54) is 32.1 Å². The number of aliphatic carboxylic acids is 1. The van der Waals surface area contributed by atoms with Gasteiger partial charge in [-0.3, -0.25) is 9.59 Å². The number of carboxylic acids is 1. The van der Waals surface area contributed by atoms with Crippen LogP contribution in [-0.4, -0.2) is 23.1 Å². The minimum Gasteiger partial charge on any atom is -0.481 e. The number of esters is 1. The Morgan fingerprint density at radius 2 is 1.32 bits per heavy atom. The van der Waals surface area contributed by atoms with Crippen LogP contribution in [0.15, 0.2) is 24.3 Å². The van der Waals surface area contributed by atoms with Crippen molar-refractivity contribution in [2.75, 3.05) is 0 Å². The van der Waals surface area contributed by atoms with Gasteiger partial charge in [-0.25, -0.2) is 0 Å². The van der Waals surface area contributed by atoms with Gasteiger partial charge in [0.1, 0.15) is 6.10 Å². The first-order valence-electron chi connectivity index (χ1n) is 12.8. The van der Waals surface area contributed by atoms with Crippen LogP contribution in [0.3, 0.4) is 0 Å². The van der Waals surface area contributed by atoms with Crippen LogP contribution in [0.1, 0.15) is 129 Å². The first-order valence-corrected chi connectivity index (χ1v) is 12.8. The lowest BCUT2D eigenvalue weighted by molar-refractivity contribution is -0.150. The zero-order valence-electron chi connectivity index (χ0n) is 20.3. The smallest absolute Gasteiger partial charge is 0.306 e. The number of rotatable bonds is 22. The molecule has 4 nitrogen and oxygen atoms in total. The minimum absolute atomic E-state index is 0.000817. The molecule has 0 aliphatic carbocycles. The summed E-state index contributed by atoms with van der Waals surface area (Å²) in [5.41, 5.74) is 0. The van der Waals surface area contributed by atoms with Gasteiger partial charge < -0.3 is 9.84 Å². The number of hydrogen-bond donors (Lipinski definition) is 1. The molecule has 4 heteroatoms. The number of carboxylic acid groups (broad SMARTS) is 1. The quantitative estimate of drug-likeness (QED) is 0.106. The molecular formula is C27H48O4. The molecule has 0 aromatic heterocycles. The van der Waals surface area contributed by atoms with E-state index in [2.05, 4.69) is 38.2 Å². The van der Waals surface area contributed by atoms with Gasteiger partial charge in [0, 0.05) is 12.8 Å². The van der Waals surface area contributed by atoms with Gasteiger partial charge in [0.25, 0.3) is 0 Å². The largest absolute Gasteiger partial charge is 0.481 e. The Hall–Kier alpha value is -1.58. The molecule has 0 aromatic rings. The standard InChI is InChI=1S/C27H48O4/c1-3-5-7-8-9-10-11-12-13-14-15-16-20-24-27(30)31-25(21-6-4-2)22-18-17-19-23-26(28)29/h7-8,10-11,25H,3-6,9,12-24H2,1-2H3,(H,28,29)/b8-7-,11-10-. The summed E-state index contributed by atoms with van der Waals surface area (Å²) in [7, 11) is 0. The highest BCUT2D eigenvalue weighted by molar-refractivity contribution is 5.69. The summed E-state index contributed by atoms with van der Waals surface area (Å²) in [5, 5.41) is 8.70. The monoisotopic (exact) mass is 436 g/mol. The van der Waals surface area contributed by atoms with Crippen molar-refractivity contribution in [1.29, 1.82) is 0 Å². The summed E-state index contributed by atoms with van der Waals surface area (Å²) in [5.74, 6) is -0.800.